The van der Waals surface area contributed by atoms with Gasteiger partial charge in [-0.3, -0.25) is 0 Å². The molecule has 0 spiro atoms. The van der Waals surface area contributed by atoms with Crippen LogP contribution in [0, 0.1) is 0 Å². The number of hydrogen-bond donors (Lipinski definition) is 1. The van der Waals surface area contributed by atoms with E-state index in [0.29, 0.717) is 0 Å². The molecule has 0 aliphatic carbocycles. The highest BCUT2D eigenvalue weighted by atomic mass is 35.5. The Kier molecular flexibility index (Phi) is 8.84. The molecule has 0 fully saturated rings. The second-order valence-electron chi connectivity index (χ2n) is 5.18. The Balaban J connectivity index is 4.17. The molecule has 0 atom stereocenters. The van der Waals surface area contributed by atoms with Gasteiger partial charge >= 0.3 is 0 Å². The lowest BCUT2D eigenvalue weighted by molar-refractivity contribution is -0.904. The highest BCUT2D eigenvalue weighted by Gasteiger charge is 2.29. The summed E-state index contributed by atoms with van der Waals surface area (Å²) in [7, 11) is 0. The monoisotopic (exact) mass is 269 g/mol. The van der Waals surface area contributed by atoms with Crippen LogP contribution in [0.5, 0.6) is 0 Å². The molecule has 0 rings (SSSR count). The molecule has 0 aliphatic rings. The van der Waals surface area contributed by atoms with E-state index < -0.39 is 0 Å². The third-order valence-electron chi connectivity index (χ3n) is 2.91. The molecule has 0 aromatic heterocycles. The van der Waals surface area contributed by atoms with Gasteiger partial charge < -0.3 is 4.90 Å². The standard InChI is InChI=1S/C12H26Cl2N2/c1-5-7-9-15(10-8-6-2)11-12(3,4)16(13)14/h5-11H2,1-4H3/p+1. The molecule has 0 aromatic carbocycles. The number of rotatable bonds is 9. The summed E-state index contributed by atoms with van der Waals surface area (Å²) in [4.78, 5) is 1.61. The highest BCUT2D eigenvalue weighted by molar-refractivity contribution is 6.34. The summed E-state index contributed by atoms with van der Waals surface area (Å²) in [6.45, 7) is 12.1. The van der Waals surface area contributed by atoms with Crippen molar-refractivity contribution in [3.8, 4) is 0 Å². The van der Waals surface area contributed by atoms with Gasteiger partial charge in [-0.15, -0.1) is 3.94 Å². The van der Waals surface area contributed by atoms with Crippen LogP contribution in [0.15, 0.2) is 0 Å². The first-order valence-electron chi connectivity index (χ1n) is 6.39. The first-order chi connectivity index (χ1) is 7.44. The van der Waals surface area contributed by atoms with Crippen LogP contribution in [-0.2, 0) is 0 Å². The van der Waals surface area contributed by atoms with Crippen molar-refractivity contribution in [3.05, 3.63) is 0 Å². The summed E-state index contributed by atoms with van der Waals surface area (Å²) in [6.07, 6.45) is 5.06. The van der Waals surface area contributed by atoms with Gasteiger partial charge in [0.1, 0.15) is 0 Å². The molecule has 0 saturated carbocycles. The zero-order valence-corrected chi connectivity index (χ0v) is 12.7. The number of halogens is 2. The smallest absolute Gasteiger partial charge is 0.0979 e. The van der Waals surface area contributed by atoms with E-state index in [2.05, 4.69) is 27.7 Å². The Morgan fingerprint density at radius 1 is 1.00 bits per heavy atom. The van der Waals surface area contributed by atoms with Crippen molar-refractivity contribution in [3.63, 3.8) is 0 Å². The largest absolute Gasteiger partial charge is 0.333 e. The predicted octanol–water partition coefficient (Wildman–Crippen LogP) is 2.86. The lowest BCUT2D eigenvalue weighted by Gasteiger charge is -2.31. The fraction of sp³-hybridized carbons (Fsp3) is 1.00. The van der Waals surface area contributed by atoms with Gasteiger partial charge in [-0.05, 0) is 50.2 Å². The molecule has 2 nitrogen and oxygen atoms in total. The maximum Gasteiger partial charge on any atom is 0.0979 e. The third kappa shape index (κ3) is 6.95. The summed E-state index contributed by atoms with van der Waals surface area (Å²) in [5.74, 6) is 0. The lowest BCUT2D eigenvalue weighted by Crippen LogP contribution is -3.14. The first-order valence-corrected chi connectivity index (χ1v) is 7.07. The summed E-state index contributed by atoms with van der Waals surface area (Å²) < 4.78 is 1.30. The van der Waals surface area contributed by atoms with E-state index in [0.717, 1.165) is 6.54 Å². The molecule has 0 unspecified atom stereocenters. The van der Waals surface area contributed by atoms with Crippen molar-refractivity contribution in [1.82, 2.24) is 3.94 Å². The SMILES string of the molecule is CCCC[NH+](CCCC)CC(C)(C)N(Cl)Cl. The second-order valence-corrected chi connectivity index (χ2v) is 6.03. The van der Waals surface area contributed by atoms with Gasteiger partial charge in [0, 0.05) is 0 Å². The van der Waals surface area contributed by atoms with Gasteiger partial charge in [-0.25, -0.2) is 0 Å². The summed E-state index contributed by atoms with van der Waals surface area (Å²) >= 11 is 11.7. The topological polar surface area (TPSA) is 7.68 Å². The Labute approximate surface area is 111 Å². The molecule has 0 radical (unpaired) electrons. The maximum atomic E-state index is 5.87. The van der Waals surface area contributed by atoms with Crippen molar-refractivity contribution in [2.24, 2.45) is 0 Å². The van der Waals surface area contributed by atoms with Crippen LogP contribution >= 0.6 is 23.6 Å². The Bertz CT molecular complexity index is 164. The molecular formula is C12H27Cl2N2+. The van der Waals surface area contributed by atoms with Gasteiger partial charge in [0.05, 0.1) is 25.2 Å². The van der Waals surface area contributed by atoms with Crippen molar-refractivity contribution in [2.75, 3.05) is 19.6 Å². The number of nitrogens with one attached hydrogen (secondary N) is 1. The molecule has 0 bridgehead atoms. The van der Waals surface area contributed by atoms with Crippen LogP contribution in [-0.4, -0.2) is 29.1 Å². The second kappa shape index (κ2) is 8.57. The van der Waals surface area contributed by atoms with Crippen molar-refractivity contribution in [2.45, 2.75) is 58.9 Å². The molecule has 0 amide bonds. The fourth-order valence-corrected chi connectivity index (χ4v) is 1.95. The lowest BCUT2D eigenvalue weighted by atomic mass is 10.1. The van der Waals surface area contributed by atoms with Gasteiger partial charge in [0.15, 0.2) is 0 Å². The number of nitrogens with zero attached hydrogens (tertiary/aromatic N) is 1. The summed E-state index contributed by atoms with van der Waals surface area (Å²) in [5.41, 5.74) is -0.153. The van der Waals surface area contributed by atoms with Crippen molar-refractivity contribution < 1.29 is 4.90 Å². The molecular weight excluding hydrogens is 243 g/mol. The first kappa shape index (κ1) is 16.5. The minimum Gasteiger partial charge on any atom is -0.333 e. The van der Waals surface area contributed by atoms with Gasteiger partial charge in [-0.2, -0.15) is 0 Å². The summed E-state index contributed by atoms with van der Waals surface area (Å²) in [5, 5.41) is 0. The average Bonchev–Trinajstić information content (AvgIpc) is 2.21. The average molecular weight is 270 g/mol. The molecule has 4 heteroatoms. The van der Waals surface area contributed by atoms with Crippen LogP contribution in [0.4, 0.5) is 0 Å². The molecule has 0 aromatic rings. The maximum absolute atomic E-state index is 5.87. The molecule has 0 heterocycles. The van der Waals surface area contributed by atoms with E-state index >= 15 is 0 Å². The van der Waals surface area contributed by atoms with Crippen LogP contribution in [0.2, 0.25) is 0 Å². The zero-order valence-electron chi connectivity index (χ0n) is 11.2. The highest BCUT2D eigenvalue weighted by Crippen LogP contribution is 2.17. The quantitative estimate of drug-likeness (QED) is 0.633. The number of unbranched alkanes of at least 4 members (excludes halogenated alkanes) is 2. The van der Waals surface area contributed by atoms with Crippen molar-refractivity contribution >= 4 is 23.6 Å². The minimum atomic E-state index is -0.153. The molecule has 16 heavy (non-hydrogen) atoms. The normalized spacial score (nSPS) is 12.8. The predicted molar refractivity (Wildman–Crippen MR) is 73.0 cm³/mol. The fourth-order valence-electron chi connectivity index (χ4n) is 1.83. The van der Waals surface area contributed by atoms with Crippen LogP contribution in [0.1, 0.15) is 53.4 Å². The molecule has 98 valence electrons. The Morgan fingerprint density at radius 3 is 1.75 bits per heavy atom. The van der Waals surface area contributed by atoms with Gasteiger partial charge in [-0.1, -0.05) is 26.7 Å². The number of quaternary nitrogens is 1. The van der Waals surface area contributed by atoms with Gasteiger partial charge in [0.2, 0.25) is 0 Å². The van der Waals surface area contributed by atoms with E-state index in [1.165, 1.54) is 42.7 Å². The van der Waals surface area contributed by atoms with Gasteiger partial charge in [0.25, 0.3) is 0 Å². The van der Waals surface area contributed by atoms with Crippen LogP contribution in [0.3, 0.4) is 0 Å². The third-order valence-corrected chi connectivity index (χ3v) is 3.82. The van der Waals surface area contributed by atoms with E-state index in [1.807, 2.05) is 0 Å². The van der Waals surface area contributed by atoms with E-state index in [9.17, 15) is 0 Å². The number of hydrogen-bond acceptors (Lipinski definition) is 1. The Hall–Kier alpha value is 0.500. The Morgan fingerprint density at radius 2 is 1.44 bits per heavy atom. The molecule has 0 saturated heterocycles. The molecule has 0 aliphatic heterocycles. The van der Waals surface area contributed by atoms with Crippen LogP contribution in [0.25, 0.3) is 0 Å². The van der Waals surface area contributed by atoms with E-state index in [-0.39, 0.29) is 5.54 Å². The van der Waals surface area contributed by atoms with Crippen LogP contribution < -0.4 is 4.90 Å². The minimum absolute atomic E-state index is 0.153. The van der Waals surface area contributed by atoms with Crippen molar-refractivity contribution in [1.29, 1.82) is 0 Å². The molecule has 1 N–H and O–H groups in total. The zero-order chi connectivity index (χ0) is 12.6. The van der Waals surface area contributed by atoms with E-state index in [4.69, 9.17) is 23.6 Å². The summed E-state index contributed by atoms with van der Waals surface area (Å²) in [6, 6.07) is 0. The van der Waals surface area contributed by atoms with E-state index in [1.54, 1.807) is 4.90 Å².